The van der Waals surface area contributed by atoms with Gasteiger partial charge in [-0.1, -0.05) is 11.6 Å². The van der Waals surface area contributed by atoms with Crippen molar-refractivity contribution in [3.05, 3.63) is 23.0 Å². The van der Waals surface area contributed by atoms with Gasteiger partial charge in [-0.15, -0.1) is 0 Å². The van der Waals surface area contributed by atoms with Gasteiger partial charge in [0.05, 0.1) is 22.3 Å². The first-order valence-corrected chi connectivity index (χ1v) is 8.35. The van der Waals surface area contributed by atoms with Gasteiger partial charge in [-0.05, 0) is 19.9 Å². The molecular formula is C12H16ClFN4O2S. The molecule has 1 aromatic heterocycles. The Balaban J connectivity index is 2.47. The normalized spacial score (nSPS) is 13.0. The van der Waals surface area contributed by atoms with E-state index in [2.05, 4.69) is 9.71 Å². The number of anilines is 1. The smallest absolute Gasteiger partial charge is 0.209 e. The Bertz CT molecular complexity index is 801. The largest absolute Gasteiger partial charge is 0.369 e. The molecule has 2 rings (SSSR count). The Morgan fingerprint density at radius 1 is 1.48 bits per heavy atom. The predicted octanol–water partition coefficient (Wildman–Crippen LogP) is 1.74. The topological polar surface area (TPSA) is 90.0 Å². The maximum absolute atomic E-state index is 13.4. The minimum Gasteiger partial charge on any atom is -0.369 e. The lowest BCUT2D eigenvalue weighted by atomic mass is 10.1. The third kappa shape index (κ3) is 3.63. The fourth-order valence-corrected chi connectivity index (χ4v) is 3.46. The van der Waals surface area contributed by atoms with Crippen LogP contribution in [0.4, 0.5) is 10.3 Å². The molecule has 0 aliphatic heterocycles. The summed E-state index contributed by atoms with van der Waals surface area (Å²) in [5, 5.41) is -0.0440. The van der Waals surface area contributed by atoms with Gasteiger partial charge in [-0.3, -0.25) is 0 Å². The van der Waals surface area contributed by atoms with Gasteiger partial charge in [-0.2, -0.15) is 0 Å². The zero-order chi connectivity index (χ0) is 16.0. The summed E-state index contributed by atoms with van der Waals surface area (Å²) >= 11 is 5.78. The molecule has 3 N–H and O–H groups in total. The number of nitrogen functional groups attached to an aromatic ring is 1. The molecule has 0 spiro atoms. The van der Waals surface area contributed by atoms with Crippen molar-refractivity contribution in [3.63, 3.8) is 0 Å². The van der Waals surface area contributed by atoms with Gasteiger partial charge in [-0.25, -0.2) is 22.5 Å². The van der Waals surface area contributed by atoms with Gasteiger partial charge in [0.25, 0.3) is 0 Å². The van der Waals surface area contributed by atoms with E-state index in [9.17, 15) is 12.8 Å². The third-order valence-corrected chi connectivity index (χ3v) is 4.05. The molecule has 0 unspecified atom stereocenters. The van der Waals surface area contributed by atoms with E-state index in [-0.39, 0.29) is 17.5 Å². The quantitative estimate of drug-likeness (QED) is 0.891. The molecule has 116 valence electrons. The molecule has 0 aliphatic rings. The lowest BCUT2D eigenvalue weighted by molar-refractivity contribution is 0.398. The second-order valence-corrected chi connectivity index (χ2v) is 7.72. The SMILES string of the molecule is CC(C)(Cn1c(N)nc2cc(F)c(Cl)cc21)NS(C)(=O)=O. The van der Waals surface area contributed by atoms with Crippen molar-refractivity contribution < 1.29 is 12.8 Å². The fourth-order valence-electron chi connectivity index (χ4n) is 2.23. The number of benzene rings is 1. The molecule has 0 saturated carbocycles. The first-order valence-electron chi connectivity index (χ1n) is 6.08. The Hall–Kier alpha value is -1.38. The molecule has 0 radical (unpaired) electrons. The van der Waals surface area contributed by atoms with Crippen LogP contribution in [0, 0.1) is 5.82 Å². The minimum atomic E-state index is -3.38. The van der Waals surface area contributed by atoms with Crippen molar-refractivity contribution in [2.75, 3.05) is 12.0 Å². The monoisotopic (exact) mass is 334 g/mol. The highest BCUT2D eigenvalue weighted by molar-refractivity contribution is 7.88. The van der Waals surface area contributed by atoms with E-state index in [4.69, 9.17) is 17.3 Å². The van der Waals surface area contributed by atoms with Gasteiger partial charge in [0.15, 0.2) is 0 Å². The Morgan fingerprint density at radius 3 is 2.67 bits per heavy atom. The van der Waals surface area contributed by atoms with E-state index in [1.54, 1.807) is 18.4 Å². The van der Waals surface area contributed by atoms with E-state index in [0.717, 1.165) is 6.26 Å². The van der Waals surface area contributed by atoms with Crippen LogP contribution in [-0.4, -0.2) is 29.8 Å². The van der Waals surface area contributed by atoms with Gasteiger partial charge in [0.2, 0.25) is 16.0 Å². The number of hydrogen-bond acceptors (Lipinski definition) is 4. The highest BCUT2D eigenvalue weighted by Gasteiger charge is 2.25. The van der Waals surface area contributed by atoms with Crippen LogP contribution in [0.2, 0.25) is 5.02 Å². The van der Waals surface area contributed by atoms with Crippen molar-refractivity contribution in [1.29, 1.82) is 0 Å². The van der Waals surface area contributed by atoms with E-state index < -0.39 is 21.4 Å². The fraction of sp³-hybridized carbons (Fsp3) is 0.417. The maximum Gasteiger partial charge on any atom is 0.209 e. The van der Waals surface area contributed by atoms with Gasteiger partial charge >= 0.3 is 0 Å². The molecule has 0 amide bonds. The van der Waals surface area contributed by atoms with Crippen molar-refractivity contribution in [2.24, 2.45) is 0 Å². The molecule has 0 aliphatic carbocycles. The van der Waals surface area contributed by atoms with Crippen molar-refractivity contribution in [2.45, 2.75) is 25.9 Å². The summed E-state index contributed by atoms with van der Waals surface area (Å²) in [7, 11) is -3.38. The lowest BCUT2D eigenvalue weighted by Crippen LogP contribution is -2.46. The van der Waals surface area contributed by atoms with Crippen LogP contribution in [0.15, 0.2) is 12.1 Å². The molecule has 0 bridgehead atoms. The van der Waals surface area contributed by atoms with Crippen molar-refractivity contribution in [3.8, 4) is 0 Å². The van der Waals surface area contributed by atoms with Crippen LogP contribution in [0.25, 0.3) is 11.0 Å². The summed E-state index contributed by atoms with van der Waals surface area (Å²) < 4.78 is 40.3. The summed E-state index contributed by atoms with van der Waals surface area (Å²) in [5.41, 5.74) is 5.95. The summed E-state index contributed by atoms with van der Waals surface area (Å²) in [5.74, 6) is -0.419. The molecule has 1 heterocycles. The second kappa shape index (κ2) is 5.11. The molecule has 9 heteroatoms. The molecule has 21 heavy (non-hydrogen) atoms. The third-order valence-electron chi connectivity index (χ3n) is 2.83. The van der Waals surface area contributed by atoms with Crippen LogP contribution in [0.1, 0.15) is 13.8 Å². The predicted molar refractivity (Wildman–Crippen MR) is 81.2 cm³/mol. The number of nitrogens with zero attached hydrogens (tertiary/aromatic N) is 2. The molecule has 2 aromatic rings. The van der Waals surface area contributed by atoms with Gasteiger partial charge in [0, 0.05) is 18.2 Å². The van der Waals surface area contributed by atoms with Crippen LogP contribution in [-0.2, 0) is 16.6 Å². The molecule has 0 atom stereocenters. The number of sulfonamides is 1. The first-order chi connectivity index (χ1) is 9.48. The molecule has 0 fully saturated rings. The van der Waals surface area contributed by atoms with Gasteiger partial charge in [0.1, 0.15) is 5.82 Å². The number of hydrogen-bond donors (Lipinski definition) is 2. The van der Waals surface area contributed by atoms with E-state index in [1.807, 2.05) is 0 Å². The van der Waals surface area contributed by atoms with E-state index in [0.29, 0.717) is 11.0 Å². The number of halogens is 2. The average molecular weight is 335 g/mol. The Morgan fingerprint density at radius 2 is 2.10 bits per heavy atom. The molecule has 6 nitrogen and oxygen atoms in total. The maximum atomic E-state index is 13.4. The lowest BCUT2D eigenvalue weighted by Gasteiger charge is -2.26. The number of imidazole rings is 1. The number of fused-ring (bicyclic) bond motifs is 1. The zero-order valence-corrected chi connectivity index (χ0v) is 13.4. The standard InChI is InChI=1S/C12H16ClFN4O2S/c1-12(2,17-21(3,19)20)6-18-10-4-7(13)8(14)5-9(10)16-11(18)15/h4-5,17H,6H2,1-3H3,(H2,15,16). The zero-order valence-electron chi connectivity index (χ0n) is 11.8. The number of aromatic nitrogens is 2. The van der Waals surface area contributed by atoms with Crippen LogP contribution in [0.5, 0.6) is 0 Å². The second-order valence-electron chi connectivity index (χ2n) is 5.57. The summed E-state index contributed by atoms with van der Waals surface area (Å²) in [4.78, 5) is 4.06. The molecule has 0 saturated heterocycles. The van der Waals surface area contributed by atoms with Crippen LogP contribution < -0.4 is 10.5 Å². The van der Waals surface area contributed by atoms with Crippen LogP contribution >= 0.6 is 11.6 Å². The first kappa shape index (κ1) is 16.0. The van der Waals surface area contributed by atoms with Crippen molar-refractivity contribution >= 4 is 38.6 Å². The summed E-state index contributed by atoms with van der Waals surface area (Å²) in [6, 6.07) is 2.62. The van der Waals surface area contributed by atoms with E-state index >= 15 is 0 Å². The number of rotatable bonds is 4. The van der Waals surface area contributed by atoms with Crippen LogP contribution in [0.3, 0.4) is 0 Å². The highest BCUT2D eigenvalue weighted by atomic mass is 35.5. The van der Waals surface area contributed by atoms with E-state index in [1.165, 1.54) is 12.1 Å². The average Bonchev–Trinajstić information content (AvgIpc) is 2.53. The van der Waals surface area contributed by atoms with Crippen molar-refractivity contribution in [1.82, 2.24) is 14.3 Å². The Kier molecular flexibility index (Phi) is 3.90. The molecule has 1 aromatic carbocycles. The minimum absolute atomic E-state index is 0.0440. The molecular weight excluding hydrogens is 319 g/mol. The number of nitrogens with two attached hydrogens (primary N) is 1. The number of nitrogens with one attached hydrogen (secondary N) is 1. The summed E-state index contributed by atoms with van der Waals surface area (Å²) in [6.07, 6.45) is 1.08. The highest BCUT2D eigenvalue weighted by Crippen LogP contribution is 2.26. The Labute approximate surface area is 127 Å². The van der Waals surface area contributed by atoms with Gasteiger partial charge < -0.3 is 10.3 Å². The summed E-state index contributed by atoms with van der Waals surface area (Å²) in [6.45, 7) is 3.65.